The van der Waals surface area contributed by atoms with Crippen molar-refractivity contribution < 1.29 is 23.7 Å². The van der Waals surface area contributed by atoms with Gasteiger partial charge in [0.05, 0.1) is 10.7 Å². The highest BCUT2D eigenvalue weighted by Crippen LogP contribution is 2.22. The Hall–Kier alpha value is -3.27. The summed E-state index contributed by atoms with van der Waals surface area (Å²) in [5.74, 6) is -2.41. The minimum Gasteiger partial charge on any atom is -0.295 e. The maximum absolute atomic E-state index is 13.9. The lowest BCUT2D eigenvalue weighted by Crippen LogP contribution is -2.42. The van der Waals surface area contributed by atoms with Crippen molar-refractivity contribution in [1.29, 1.82) is 0 Å². The number of halogens is 1. The molecular weight excluding hydrogens is 377 g/mol. The average Bonchev–Trinajstić information content (AvgIpc) is 2.64. The number of nitrogens with zero attached hydrogens (tertiary/aromatic N) is 1. The number of hydrogen-bond donors (Lipinski definition) is 2. The zero-order valence-electron chi connectivity index (χ0n) is 14.0. The molecule has 0 bridgehead atoms. The summed E-state index contributed by atoms with van der Waals surface area (Å²) in [5, 5.41) is 10.7. The van der Waals surface area contributed by atoms with Crippen LogP contribution < -0.4 is 10.9 Å². The van der Waals surface area contributed by atoms with Crippen molar-refractivity contribution in [1.82, 2.24) is 10.9 Å². The first-order valence-corrected chi connectivity index (χ1v) is 8.53. The van der Waals surface area contributed by atoms with E-state index in [1.54, 1.807) is 0 Å². The fraction of sp³-hybridized carbons (Fsp3) is 0.118. The topological polar surface area (TPSA) is 118 Å². The van der Waals surface area contributed by atoms with Gasteiger partial charge in [-0.05, 0) is 25.1 Å². The van der Waals surface area contributed by atoms with Crippen LogP contribution in [0.4, 0.5) is 10.1 Å². The van der Waals surface area contributed by atoms with E-state index in [0.717, 1.165) is 23.9 Å². The van der Waals surface area contributed by atoms with E-state index in [2.05, 4.69) is 10.9 Å². The molecule has 0 unspecified atom stereocenters. The maximum Gasteiger partial charge on any atom is 0.270 e. The number of non-ortho nitro benzene ring substituents is 1. The molecule has 0 aromatic heterocycles. The van der Waals surface area contributed by atoms with Gasteiger partial charge >= 0.3 is 0 Å². The van der Waals surface area contributed by atoms with E-state index in [0.29, 0.717) is 0 Å². The number of benzene rings is 2. The Bertz CT molecular complexity index is 919. The van der Waals surface area contributed by atoms with Gasteiger partial charge in [-0.1, -0.05) is 12.1 Å². The number of Topliss-reactive ketones (excluding diaryl/α,β-unsaturated/α-hetero) is 1. The Labute approximate surface area is 157 Å². The SMILES string of the molecule is CC(=O)c1ccc(SCC(=O)NNC(=O)c2cccc([N+](=O)[O-])c2)c(F)c1. The second-order valence-corrected chi connectivity index (χ2v) is 6.32. The van der Waals surface area contributed by atoms with Gasteiger partial charge in [0.2, 0.25) is 5.91 Å². The third-order valence-corrected chi connectivity index (χ3v) is 4.38. The van der Waals surface area contributed by atoms with Crippen LogP contribution in [0.2, 0.25) is 0 Å². The minimum atomic E-state index is -0.728. The summed E-state index contributed by atoms with van der Waals surface area (Å²) in [5.41, 5.74) is 4.24. The highest BCUT2D eigenvalue weighted by Gasteiger charge is 2.13. The molecule has 0 atom stereocenters. The number of thioether (sulfide) groups is 1. The predicted molar refractivity (Wildman–Crippen MR) is 95.8 cm³/mol. The smallest absolute Gasteiger partial charge is 0.270 e. The van der Waals surface area contributed by atoms with Crippen molar-refractivity contribution in [2.45, 2.75) is 11.8 Å². The van der Waals surface area contributed by atoms with Crippen LogP contribution >= 0.6 is 11.8 Å². The van der Waals surface area contributed by atoms with Crippen molar-refractivity contribution in [3.05, 3.63) is 69.5 Å². The van der Waals surface area contributed by atoms with Gasteiger partial charge in [-0.15, -0.1) is 11.8 Å². The lowest BCUT2D eigenvalue weighted by Gasteiger charge is -2.08. The molecule has 140 valence electrons. The molecule has 2 aromatic rings. The van der Waals surface area contributed by atoms with Gasteiger partial charge in [0.1, 0.15) is 5.82 Å². The molecule has 2 rings (SSSR count). The van der Waals surface area contributed by atoms with Crippen molar-refractivity contribution in [3.63, 3.8) is 0 Å². The Morgan fingerprint density at radius 2 is 1.85 bits per heavy atom. The van der Waals surface area contributed by atoms with Gasteiger partial charge in [-0.2, -0.15) is 0 Å². The van der Waals surface area contributed by atoms with Crippen LogP contribution in [0.1, 0.15) is 27.6 Å². The van der Waals surface area contributed by atoms with Crippen LogP contribution in [0.3, 0.4) is 0 Å². The predicted octanol–water partition coefficient (Wildman–Crippen LogP) is 2.49. The number of carbonyl (C=O) groups is 3. The van der Waals surface area contributed by atoms with E-state index in [9.17, 15) is 28.9 Å². The number of nitro groups is 1. The van der Waals surface area contributed by atoms with Gasteiger partial charge in [0.15, 0.2) is 5.78 Å². The summed E-state index contributed by atoms with van der Waals surface area (Å²) >= 11 is 0.890. The molecule has 0 aliphatic heterocycles. The quantitative estimate of drug-likeness (QED) is 0.338. The van der Waals surface area contributed by atoms with E-state index in [1.165, 1.54) is 37.3 Å². The minimum absolute atomic E-state index is 0.00280. The van der Waals surface area contributed by atoms with E-state index in [4.69, 9.17) is 0 Å². The number of ketones is 1. The van der Waals surface area contributed by atoms with Crippen molar-refractivity contribution in [2.75, 3.05) is 5.75 Å². The molecule has 2 N–H and O–H groups in total. The zero-order chi connectivity index (χ0) is 20.0. The molecular formula is C17H14FN3O5S. The summed E-state index contributed by atoms with van der Waals surface area (Å²) in [6.45, 7) is 1.32. The second-order valence-electron chi connectivity index (χ2n) is 5.30. The Morgan fingerprint density at radius 3 is 2.48 bits per heavy atom. The molecule has 2 aromatic carbocycles. The average molecular weight is 391 g/mol. The van der Waals surface area contributed by atoms with Crippen LogP contribution in [0.25, 0.3) is 0 Å². The Balaban J connectivity index is 1.87. The van der Waals surface area contributed by atoms with E-state index >= 15 is 0 Å². The van der Waals surface area contributed by atoms with E-state index in [1.807, 2.05) is 0 Å². The number of rotatable bonds is 6. The molecule has 27 heavy (non-hydrogen) atoms. The largest absolute Gasteiger partial charge is 0.295 e. The molecule has 10 heteroatoms. The summed E-state index contributed by atoms with van der Waals surface area (Å²) in [4.78, 5) is 45.1. The van der Waals surface area contributed by atoms with Crippen LogP contribution in [-0.2, 0) is 4.79 Å². The second kappa shape index (κ2) is 8.90. The molecule has 2 amide bonds. The first-order chi connectivity index (χ1) is 12.8. The zero-order valence-corrected chi connectivity index (χ0v) is 14.8. The molecule has 0 heterocycles. The molecule has 0 aliphatic rings. The van der Waals surface area contributed by atoms with Gasteiger partial charge in [0.25, 0.3) is 11.6 Å². The fourth-order valence-corrected chi connectivity index (χ4v) is 2.70. The van der Waals surface area contributed by atoms with E-state index in [-0.39, 0.29) is 33.2 Å². The third kappa shape index (κ3) is 5.61. The molecule has 0 saturated heterocycles. The molecule has 0 saturated carbocycles. The van der Waals surface area contributed by atoms with Gasteiger partial charge < -0.3 is 0 Å². The molecule has 0 radical (unpaired) electrons. The number of hydrogen-bond acceptors (Lipinski definition) is 6. The number of hydrazine groups is 1. The molecule has 0 aliphatic carbocycles. The first-order valence-electron chi connectivity index (χ1n) is 7.55. The Kier molecular flexibility index (Phi) is 6.61. The molecule has 0 spiro atoms. The van der Waals surface area contributed by atoms with Crippen LogP contribution in [0, 0.1) is 15.9 Å². The van der Waals surface area contributed by atoms with Crippen molar-refractivity contribution >= 4 is 35.0 Å². The summed E-state index contributed by atoms with van der Waals surface area (Å²) < 4.78 is 13.9. The Morgan fingerprint density at radius 1 is 1.11 bits per heavy atom. The highest BCUT2D eigenvalue weighted by molar-refractivity contribution is 8.00. The van der Waals surface area contributed by atoms with Crippen molar-refractivity contribution in [3.8, 4) is 0 Å². The van der Waals surface area contributed by atoms with Gasteiger partial charge in [-0.3, -0.25) is 35.3 Å². The third-order valence-electron chi connectivity index (χ3n) is 3.33. The van der Waals surface area contributed by atoms with Gasteiger partial charge in [0, 0.05) is 28.2 Å². The summed E-state index contributed by atoms with van der Waals surface area (Å²) in [7, 11) is 0. The number of nitro benzene ring substituents is 1. The monoisotopic (exact) mass is 391 g/mol. The highest BCUT2D eigenvalue weighted by atomic mass is 32.2. The summed E-state index contributed by atoms with van der Waals surface area (Å²) in [6, 6.07) is 8.95. The lowest BCUT2D eigenvalue weighted by molar-refractivity contribution is -0.384. The van der Waals surface area contributed by atoms with Gasteiger partial charge in [-0.25, -0.2) is 4.39 Å². The maximum atomic E-state index is 13.9. The standard InChI is InChI=1S/C17H14FN3O5S/c1-10(22)11-5-6-15(14(18)8-11)27-9-16(23)19-20-17(24)12-3-2-4-13(7-12)21(25)26/h2-8H,9H2,1H3,(H,19,23)(H,20,24). The number of carbonyl (C=O) groups excluding carboxylic acids is 3. The fourth-order valence-electron chi connectivity index (χ4n) is 1.98. The lowest BCUT2D eigenvalue weighted by atomic mass is 10.1. The van der Waals surface area contributed by atoms with Crippen molar-refractivity contribution in [2.24, 2.45) is 0 Å². The first kappa shape index (κ1) is 20.0. The summed E-state index contributed by atoms with van der Waals surface area (Å²) in [6.07, 6.45) is 0. The number of amides is 2. The normalized spacial score (nSPS) is 10.1. The molecule has 0 fully saturated rings. The van der Waals surface area contributed by atoms with Crippen LogP contribution in [-0.4, -0.2) is 28.3 Å². The van der Waals surface area contributed by atoms with Crippen LogP contribution in [0.5, 0.6) is 0 Å². The molecule has 8 nitrogen and oxygen atoms in total. The van der Waals surface area contributed by atoms with Crippen LogP contribution in [0.15, 0.2) is 47.4 Å². The van der Waals surface area contributed by atoms with E-state index < -0.39 is 22.6 Å². The number of nitrogens with one attached hydrogen (secondary N) is 2.